The summed E-state index contributed by atoms with van der Waals surface area (Å²) in [5, 5.41) is 8.80. The van der Waals surface area contributed by atoms with Gasteiger partial charge in [-0.05, 0) is 18.3 Å². The molecule has 78 valence electrons. The van der Waals surface area contributed by atoms with E-state index in [2.05, 4.69) is 20.8 Å². The SMILES string of the molecule is CCC(C)C(C)CC(CN)C(=O)O. The van der Waals surface area contributed by atoms with Crippen LogP contribution in [0.1, 0.15) is 33.6 Å². The molecule has 0 saturated heterocycles. The Morgan fingerprint density at radius 3 is 2.23 bits per heavy atom. The second kappa shape index (κ2) is 5.97. The first-order valence-electron chi connectivity index (χ1n) is 4.95. The molecule has 0 aromatic carbocycles. The van der Waals surface area contributed by atoms with E-state index in [9.17, 15) is 4.79 Å². The summed E-state index contributed by atoms with van der Waals surface area (Å²) in [6.07, 6.45) is 1.79. The lowest BCUT2D eigenvalue weighted by molar-refractivity contribution is -0.142. The Bertz CT molecular complexity index is 159. The number of rotatable bonds is 6. The molecule has 0 fully saturated rings. The Morgan fingerprint density at radius 1 is 1.38 bits per heavy atom. The van der Waals surface area contributed by atoms with Crippen LogP contribution in [0.4, 0.5) is 0 Å². The molecule has 0 aliphatic heterocycles. The van der Waals surface area contributed by atoms with Gasteiger partial charge in [0.2, 0.25) is 0 Å². The van der Waals surface area contributed by atoms with Crippen molar-refractivity contribution < 1.29 is 9.90 Å². The summed E-state index contributed by atoms with van der Waals surface area (Å²) in [4.78, 5) is 10.7. The first-order valence-corrected chi connectivity index (χ1v) is 4.95. The fourth-order valence-electron chi connectivity index (χ4n) is 1.38. The maximum absolute atomic E-state index is 10.7. The number of aliphatic carboxylic acids is 1. The molecular weight excluding hydrogens is 166 g/mol. The topological polar surface area (TPSA) is 63.3 Å². The van der Waals surface area contributed by atoms with Crippen LogP contribution in [0, 0.1) is 17.8 Å². The maximum Gasteiger partial charge on any atom is 0.307 e. The van der Waals surface area contributed by atoms with Crippen molar-refractivity contribution in [2.24, 2.45) is 23.5 Å². The van der Waals surface area contributed by atoms with Crippen LogP contribution in [0.15, 0.2) is 0 Å². The third-order valence-electron chi connectivity index (χ3n) is 2.91. The van der Waals surface area contributed by atoms with Gasteiger partial charge in [-0.15, -0.1) is 0 Å². The van der Waals surface area contributed by atoms with E-state index in [1.807, 2.05) is 0 Å². The predicted octanol–water partition coefficient (Wildman–Crippen LogP) is 1.72. The van der Waals surface area contributed by atoms with E-state index in [1.165, 1.54) is 0 Å². The van der Waals surface area contributed by atoms with E-state index in [-0.39, 0.29) is 12.5 Å². The molecule has 0 aromatic heterocycles. The Labute approximate surface area is 80.3 Å². The molecule has 3 atom stereocenters. The lowest BCUT2D eigenvalue weighted by Crippen LogP contribution is -2.26. The molecule has 0 bridgehead atoms. The maximum atomic E-state index is 10.7. The van der Waals surface area contributed by atoms with Crippen molar-refractivity contribution in [2.75, 3.05) is 6.54 Å². The van der Waals surface area contributed by atoms with Gasteiger partial charge in [0.05, 0.1) is 5.92 Å². The van der Waals surface area contributed by atoms with Gasteiger partial charge < -0.3 is 10.8 Å². The number of carbonyl (C=O) groups is 1. The van der Waals surface area contributed by atoms with Gasteiger partial charge in [0.1, 0.15) is 0 Å². The van der Waals surface area contributed by atoms with Crippen LogP contribution in [0.2, 0.25) is 0 Å². The summed E-state index contributed by atoms with van der Waals surface area (Å²) < 4.78 is 0. The van der Waals surface area contributed by atoms with Crippen LogP contribution in [0.25, 0.3) is 0 Å². The number of nitrogens with two attached hydrogens (primary N) is 1. The average Bonchev–Trinajstić information content (AvgIpc) is 2.11. The molecule has 3 unspecified atom stereocenters. The van der Waals surface area contributed by atoms with Crippen molar-refractivity contribution in [3.05, 3.63) is 0 Å². The molecule has 3 heteroatoms. The summed E-state index contributed by atoms with van der Waals surface area (Å²) in [7, 11) is 0. The van der Waals surface area contributed by atoms with Crippen molar-refractivity contribution in [1.82, 2.24) is 0 Å². The van der Waals surface area contributed by atoms with Crippen molar-refractivity contribution >= 4 is 5.97 Å². The number of carboxylic acids is 1. The van der Waals surface area contributed by atoms with Crippen LogP contribution < -0.4 is 5.73 Å². The third kappa shape index (κ3) is 4.27. The van der Waals surface area contributed by atoms with Gasteiger partial charge in [-0.3, -0.25) is 4.79 Å². The van der Waals surface area contributed by atoms with Gasteiger partial charge in [-0.1, -0.05) is 27.2 Å². The van der Waals surface area contributed by atoms with Crippen LogP contribution in [0.3, 0.4) is 0 Å². The summed E-state index contributed by atoms with van der Waals surface area (Å²) >= 11 is 0. The van der Waals surface area contributed by atoms with E-state index >= 15 is 0 Å². The fraction of sp³-hybridized carbons (Fsp3) is 0.900. The molecule has 13 heavy (non-hydrogen) atoms. The number of hydrogen-bond acceptors (Lipinski definition) is 2. The van der Waals surface area contributed by atoms with Gasteiger partial charge in [-0.25, -0.2) is 0 Å². The third-order valence-corrected chi connectivity index (χ3v) is 2.91. The van der Waals surface area contributed by atoms with Gasteiger partial charge in [0.15, 0.2) is 0 Å². The lowest BCUT2D eigenvalue weighted by Gasteiger charge is -2.21. The lowest BCUT2D eigenvalue weighted by atomic mass is 9.85. The Morgan fingerprint density at radius 2 is 1.92 bits per heavy atom. The monoisotopic (exact) mass is 187 g/mol. The molecule has 0 aliphatic rings. The molecule has 3 nitrogen and oxygen atoms in total. The molecule has 0 saturated carbocycles. The van der Waals surface area contributed by atoms with Crippen molar-refractivity contribution in [2.45, 2.75) is 33.6 Å². The van der Waals surface area contributed by atoms with Crippen LogP contribution in [-0.2, 0) is 4.79 Å². The Kier molecular flexibility index (Phi) is 5.71. The molecule has 0 heterocycles. The van der Waals surface area contributed by atoms with E-state index in [1.54, 1.807) is 0 Å². The highest BCUT2D eigenvalue weighted by atomic mass is 16.4. The second-order valence-corrected chi connectivity index (χ2v) is 3.87. The van der Waals surface area contributed by atoms with Crippen molar-refractivity contribution in [3.8, 4) is 0 Å². The zero-order valence-electron chi connectivity index (χ0n) is 8.79. The minimum absolute atomic E-state index is 0.246. The van der Waals surface area contributed by atoms with Crippen LogP contribution in [0.5, 0.6) is 0 Å². The summed E-state index contributed by atoms with van der Waals surface area (Å²) in [6, 6.07) is 0. The molecule has 0 spiro atoms. The van der Waals surface area contributed by atoms with Crippen LogP contribution in [-0.4, -0.2) is 17.6 Å². The first-order chi connectivity index (χ1) is 6.02. The zero-order chi connectivity index (χ0) is 10.4. The van der Waals surface area contributed by atoms with E-state index in [0.29, 0.717) is 18.3 Å². The van der Waals surface area contributed by atoms with Gasteiger partial charge in [-0.2, -0.15) is 0 Å². The molecule has 0 aliphatic carbocycles. The van der Waals surface area contributed by atoms with Gasteiger partial charge in [0, 0.05) is 6.54 Å². The Hall–Kier alpha value is -0.570. The second-order valence-electron chi connectivity index (χ2n) is 3.87. The summed E-state index contributed by atoms with van der Waals surface area (Å²) in [5.74, 6) is -0.121. The van der Waals surface area contributed by atoms with E-state index in [0.717, 1.165) is 6.42 Å². The normalized spacial score (nSPS) is 17.8. The summed E-state index contributed by atoms with van der Waals surface area (Å²) in [6.45, 7) is 6.62. The van der Waals surface area contributed by atoms with Gasteiger partial charge >= 0.3 is 5.97 Å². The molecular formula is C10H21NO2. The van der Waals surface area contributed by atoms with Gasteiger partial charge in [0.25, 0.3) is 0 Å². The smallest absolute Gasteiger partial charge is 0.307 e. The van der Waals surface area contributed by atoms with Crippen molar-refractivity contribution in [3.63, 3.8) is 0 Å². The molecule has 3 N–H and O–H groups in total. The molecule has 0 radical (unpaired) electrons. The van der Waals surface area contributed by atoms with Crippen molar-refractivity contribution in [1.29, 1.82) is 0 Å². The number of hydrogen-bond donors (Lipinski definition) is 2. The first kappa shape index (κ1) is 12.4. The minimum Gasteiger partial charge on any atom is -0.481 e. The molecule has 0 aromatic rings. The highest BCUT2D eigenvalue weighted by molar-refractivity contribution is 5.70. The summed E-state index contributed by atoms with van der Waals surface area (Å²) in [5.41, 5.74) is 5.38. The standard InChI is InChI=1S/C10H21NO2/c1-4-7(2)8(3)5-9(6-11)10(12)13/h7-9H,4-6,11H2,1-3H3,(H,12,13). The largest absolute Gasteiger partial charge is 0.481 e. The number of carboxylic acid groups (broad SMARTS) is 1. The fourth-order valence-corrected chi connectivity index (χ4v) is 1.38. The molecule has 0 amide bonds. The van der Waals surface area contributed by atoms with E-state index in [4.69, 9.17) is 10.8 Å². The highest BCUT2D eigenvalue weighted by Crippen LogP contribution is 2.22. The predicted molar refractivity (Wildman–Crippen MR) is 53.4 cm³/mol. The highest BCUT2D eigenvalue weighted by Gasteiger charge is 2.21. The quantitative estimate of drug-likeness (QED) is 0.665. The van der Waals surface area contributed by atoms with E-state index < -0.39 is 5.97 Å². The van der Waals surface area contributed by atoms with Crippen LogP contribution >= 0.6 is 0 Å². The molecule has 0 rings (SSSR count). The Balaban J connectivity index is 4.00. The minimum atomic E-state index is -0.766. The average molecular weight is 187 g/mol. The zero-order valence-corrected chi connectivity index (χ0v) is 8.79.